The van der Waals surface area contributed by atoms with Gasteiger partial charge in [0.2, 0.25) is 5.91 Å². The molecule has 0 aromatic carbocycles. The first-order valence-corrected chi connectivity index (χ1v) is 7.19. The average Bonchev–Trinajstić information content (AvgIpc) is 2.30. The molecule has 0 heterocycles. The van der Waals surface area contributed by atoms with Gasteiger partial charge in [0.1, 0.15) is 0 Å². The zero-order chi connectivity index (χ0) is 13.6. The molecule has 18 heavy (non-hydrogen) atoms. The van der Waals surface area contributed by atoms with E-state index in [-0.39, 0.29) is 5.91 Å². The van der Waals surface area contributed by atoms with Crippen LogP contribution >= 0.6 is 0 Å². The number of hydrogen-bond acceptors (Lipinski definition) is 3. The number of hydrogen-bond donors (Lipinski definition) is 1. The molecule has 1 amide bonds. The Morgan fingerprint density at radius 1 is 1.17 bits per heavy atom. The van der Waals surface area contributed by atoms with Gasteiger partial charge < -0.3 is 10.0 Å². The Bertz CT molecular complexity index is 259. The maximum atomic E-state index is 12.0. The van der Waals surface area contributed by atoms with Crippen LogP contribution in [0.3, 0.4) is 0 Å². The third kappa shape index (κ3) is 4.58. The van der Waals surface area contributed by atoms with Crippen LogP contribution in [0.2, 0.25) is 0 Å². The van der Waals surface area contributed by atoms with Gasteiger partial charge >= 0.3 is 0 Å². The van der Waals surface area contributed by atoms with E-state index in [0.717, 1.165) is 38.8 Å². The highest BCUT2D eigenvalue weighted by molar-refractivity contribution is 5.78. The molecule has 106 valence electrons. The summed E-state index contributed by atoms with van der Waals surface area (Å²) >= 11 is 0. The lowest BCUT2D eigenvalue weighted by molar-refractivity contribution is -0.132. The van der Waals surface area contributed by atoms with Crippen molar-refractivity contribution in [3.8, 4) is 0 Å². The van der Waals surface area contributed by atoms with Crippen LogP contribution in [0.1, 0.15) is 46.0 Å². The fourth-order valence-corrected chi connectivity index (χ4v) is 2.83. The summed E-state index contributed by atoms with van der Waals surface area (Å²) < 4.78 is 0. The van der Waals surface area contributed by atoms with Crippen LogP contribution in [0.5, 0.6) is 0 Å². The summed E-state index contributed by atoms with van der Waals surface area (Å²) in [6.45, 7) is 6.52. The van der Waals surface area contributed by atoms with E-state index in [1.807, 2.05) is 30.7 Å². The summed E-state index contributed by atoms with van der Waals surface area (Å²) in [7, 11) is 1.92. The average molecular weight is 256 g/mol. The Balaban J connectivity index is 2.40. The Morgan fingerprint density at radius 3 is 2.22 bits per heavy atom. The molecule has 1 rings (SSSR count). The van der Waals surface area contributed by atoms with E-state index in [9.17, 15) is 9.90 Å². The molecule has 1 aliphatic rings. The fraction of sp³-hybridized carbons (Fsp3) is 0.929. The quantitative estimate of drug-likeness (QED) is 0.783. The summed E-state index contributed by atoms with van der Waals surface area (Å²) in [5.74, 6) is 0.155. The van der Waals surface area contributed by atoms with Gasteiger partial charge in [-0.2, -0.15) is 0 Å². The van der Waals surface area contributed by atoms with E-state index in [4.69, 9.17) is 0 Å². The highest BCUT2D eigenvalue weighted by Gasteiger charge is 2.30. The SMILES string of the molecule is CCN(CC)C(=O)CN(C)CC1(O)CCCCC1. The summed E-state index contributed by atoms with van der Waals surface area (Å²) in [5, 5.41) is 10.4. The van der Waals surface area contributed by atoms with Crippen molar-refractivity contribution in [3.05, 3.63) is 0 Å². The lowest BCUT2D eigenvalue weighted by atomic mass is 9.84. The van der Waals surface area contributed by atoms with E-state index < -0.39 is 5.60 Å². The van der Waals surface area contributed by atoms with Gasteiger partial charge in [0.25, 0.3) is 0 Å². The lowest BCUT2D eigenvalue weighted by Crippen LogP contribution is -2.46. The number of likely N-dealkylation sites (N-methyl/N-ethyl adjacent to an activating group) is 2. The number of rotatable bonds is 6. The van der Waals surface area contributed by atoms with Gasteiger partial charge in [-0.15, -0.1) is 0 Å². The molecule has 1 aliphatic carbocycles. The minimum Gasteiger partial charge on any atom is -0.389 e. The predicted octanol–water partition coefficient (Wildman–Crippen LogP) is 1.48. The van der Waals surface area contributed by atoms with Gasteiger partial charge in [-0.25, -0.2) is 0 Å². The molecular formula is C14H28N2O2. The monoisotopic (exact) mass is 256 g/mol. The van der Waals surface area contributed by atoms with E-state index >= 15 is 0 Å². The largest absolute Gasteiger partial charge is 0.389 e. The zero-order valence-corrected chi connectivity index (χ0v) is 12.1. The minimum absolute atomic E-state index is 0.155. The Kier molecular flexibility index (Phi) is 6.09. The normalized spacial score (nSPS) is 18.9. The molecule has 1 fully saturated rings. The third-order valence-corrected chi connectivity index (χ3v) is 3.87. The van der Waals surface area contributed by atoms with Crippen LogP contribution in [-0.4, -0.2) is 59.6 Å². The molecule has 0 radical (unpaired) electrons. The first-order chi connectivity index (χ1) is 8.50. The van der Waals surface area contributed by atoms with Gasteiger partial charge in [0, 0.05) is 19.6 Å². The van der Waals surface area contributed by atoms with Crippen LogP contribution in [-0.2, 0) is 4.79 Å². The predicted molar refractivity (Wildman–Crippen MR) is 73.5 cm³/mol. The summed E-state index contributed by atoms with van der Waals surface area (Å²) in [6, 6.07) is 0. The van der Waals surface area contributed by atoms with Crippen molar-refractivity contribution in [3.63, 3.8) is 0 Å². The van der Waals surface area contributed by atoms with E-state index in [0.29, 0.717) is 13.1 Å². The molecular weight excluding hydrogens is 228 g/mol. The van der Waals surface area contributed by atoms with Crippen molar-refractivity contribution in [2.45, 2.75) is 51.6 Å². The number of carbonyl (C=O) groups is 1. The van der Waals surface area contributed by atoms with E-state index in [1.54, 1.807) is 0 Å². The van der Waals surface area contributed by atoms with Crippen molar-refractivity contribution in [2.24, 2.45) is 0 Å². The van der Waals surface area contributed by atoms with E-state index in [2.05, 4.69) is 0 Å². The first kappa shape index (κ1) is 15.4. The van der Waals surface area contributed by atoms with Gasteiger partial charge in [-0.05, 0) is 33.7 Å². The molecule has 1 N–H and O–H groups in total. The molecule has 4 nitrogen and oxygen atoms in total. The van der Waals surface area contributed by atoms with Crippen LogP contribution in [0.4, 0.5) is 0 Å². The zero-order valence-electron chi connectivity index (χ0n) is 12.1. The van der Waals surface area contributed by atoms with Gasteiger partial charge in [-0.1, -0.05) is 19.3 Å². The summed E-state index contributed by atoms with van der Waals surface area (Å²) in [6.07, 6.45) is 5.18. The third-order valence-electron chi connectivity index (χ3n) is 3.87. The number of amides is 1. The Morgan fingerprint density at radius 2 is 1.72 bits per heavy atom. The topological polar surface area (TPSA) is 43.8 Å². The van der Waals surface area contributed by atoms with Crippen molar-refractivity contribution < 1.29 is 9.90 Å². The molecule has 0 atom stereocenters. The van der Waals surface area contributed by atoms with Crippen molar-refractivity contribution >= 4 is 5.91 Å². The first-order valence-electron chi connectivity index (χ1n) is 7.19. The second-order valence-electron chi connectivity index (χ2n) is 5.52. The summed E-state index contributed by atoms with van der Waals surface area (Å²) in [4.78, 5) is 15.8. The highest BCUT2D eigenvalue weighted by atomic mass is 16.3. The minimum atomic E-state index is -0.573. The number of carbonyl (C=O) groups excluding carboxylic acids is 1. The molecule has 0 aromatic heterocycles. The summed E-state index contributed by atoms with van der Waals surface area (Å²) in [5.41, 5.74) is -0.573. The van der Waals surface area contributed by atoms with Crippen molar-refractivity contribution in [2.75, 3.05) is 33.2 Å². The second-order valence-corrected chi connectivity index (χ2v) is 5.52. The number of nitrogens with zero attached hydrogens (tertiary/aromatic N) is 2. The number of aliphatic hydroxyl groups is 1. The molecule has 1 saturated carbocycles. The molecule has 0 spiro atoms. The lowest BCUT2D eigenvalue weighted by Gasteiger charge is -2.35. The van der Waals surface area contributed by atoms with Crippen LogP contribution in [0.25, 0.3) is 0 Å². The van der Waals surface area contributed by atoms with Crippen LogP contribution in [0, 0.1) is 0 Å². The molecule has 0 aromatic rings. The van der Waals surface area contributed by atoms with Gasteiger partial charge in [0.15, 0.2) is 0 Å². The molecule has 0 aliphatic heterocycles. The standard InChI is InChI=1S/C14H28N2O2/c1-4-16(5-2)13(17)11-15(3)12-14(18)9-7-6-8-10-14/h18H,4-12H2,1-3H3. The fourth-order valence-electron chi connectivity index (χ4n) is 2.83. The van der Waals surface area contributed by atoms with E-state index in [1.165, 1.54) is 6.42 Å². The smallest absolute Gasteiger partial charge is 0.236 e. The molecule has 0 unspecified atom stereocenters. The Hall–Kier alpha value is -0.610. The maximum Gasteiger partial charge on any atom is 0.236 e. The van der Waals surface area contributed by atoms with Crippen molar-refractivity contribution in [1.82, 2.24) is 9.80 Å². The second kappa shape index (κ2) is 7.10. The van der Waals surface area contributed by atoms with Gasteiger partial charge in [-0.3, -0.25) is 9.69 Å². The maximum absolute atomic E-state index is 12.0. The highest BCUT2D eigenvalue weighted by Crippen LogP contribution is 2.28. The van der Waals surface area contributed by atoms with Crippen molar-refractivity contribution in [1.29, 1.82) is 0 Å². The Labute approximate surface area is 111 Å². The van der Waals surface area contributed by atoms with Crippen LogP contribution in [0.15, 0.2) is 0 Å². The molecule has 0 saturated heterocycles. The molecule has 0 bridgehead atoms. The van der Waals surface area contributed by atoms with Crippen LogP contribution < -0.4 is 0 Å². The molecule has 4 heteroatoms. The van der Waals surface area contributed by atoms with Gasteiger partial charge in [0.05, 0.1) is 12.1 Å².